The number of rotatable bonds is 1. The highest BCUT2D eigenvalue weighted by atomic mass is 16.2. The smallest absolute Gasteiger partial charge is 0.321 e. The van der Waals surface area contributed by atoms with E-state index in [2.05, 4.69) is 5.32 Å². The van der Waals surface area contributed by atoms with Crippen molar-refractivity contribution in [2.24, 2.45) is 0 Å². The summed E-state index contributed by atoms with van der Waals surface area (Å²) in [4.78, 5) is 38.7. The number of nitrogens with one attached hydrogen (secondary N) is 1. The second kappa shape index (κ2) is 5.20. The summed E-state index contributed by atoms with van der Waals surface area (Å²) < 4.78 is 0. The number of imide groups is 1. The van der Waals surface area contributed by atoms with Crippen LogP contribution in [0.25, 0.3) is 0 Å². The van der Waals surface area contributed by atoms with Gasteiger partial charge in [0.15, 0.2) is 0 Å². The van der Waals surface area contributed by atoms with Gasteiger partial charge >= 0.3 is 6.03 Å². The number of carbonyl (C=O) groups is 3. The van der Waals surface area contributed by atoms with Crippen LogP contribution in [0.4, 0.5) is 10.5 Å². The van der Waals surface area contributed by atoms with Crippen molar-refractivity contribution < 1.29 is 14.4 Å². The molecule has 0 aromatic heterocycles. The molecule has 0 radical (unpaired) electrons. The number of amides is 4. The van der Waals surface area contributed by atoms with E-state index in [9.17, 15) is 14.4 Å². The average molecular weight is 287 g/mol. The molecule has 110 valence electrons. The number of piperidine rings is 1. The van der Waals surface area contributed by atoms with Crippen LogP contribution in [-0.2, 0) is 0 Å². The topological polar surface area (TPSA) is 69.7 Å². The predicted octanol–water partition coefficient (Wildman–Crippen LogP) is 1.93. The number of hydrogen-bond donors (Lipinski definition) is 1. The first-order valence-corrected chi connectivity index (χ1v) is 7.10. The van der Waals surface area contributed by atoms with Crippen LogP contribution in [0.1, 0.15) is 40.0 Å². The molecule has 0 spiro atoms. The first-order chi connectivity index (χ1) is 10.1. The van der Waals surface area contributed by atoms with E-state index in [4.69, 9.17) is 0 Å². The lowest BCUT2D eigenvalue weighted by Crippen LogP contribution is -2.38. The minimum atomic E-state index is -0.330. The molecule has 4 amide bonds. The highest BCUT2D eigenvalue weighted by Gasteiger charge is 2.32. The largest absolute Gasteiger partial charge is 0.325 e. The number of nitrogens with zero attached hydrogens (tertiary/aromatic N) is 2. The third-order valence-electron chi connectivity index (χ3n) is 3.98. The van der Waals surface area contributed by atoms with E-state index in [0.717, 1.165) is 37.3 Å². The maximum Gasteiger partial charge on any atom is 0.321 e. The van der Waals surface area contributed by atoms with Gasteiger partial charge in [-0.05, 0) is 37.5 Å². The van der Waals surface area contributed by atoms with Crippen LogP contribution in [0, 0.1) is 0 Å². The van der Waals surface area contributed by atoms with E-state index in [1.54, 1.807) is 23.1 Å². The molecule has 0 saturated carbocycles. The Morgan fingerprint density at radius 1 is 1.05 bits per heavy atom. The maximum absolute atomic E-state index is 12.1. The zero-order chi connectivity index (χ0) is 15.0. The quantitative estimate of drug-likeness (QED) is 0.802. The second-order valence-corrected chi connectivity index (χ2v) is 5.41. The summed E-state index contributed by atoms with van der Waals surface area (Å²) in [5.74, 6) is -0.632. The first kappa shape index (κ1) is 13.6. The molecule has 6 heteroatoms. The molecule has 1 aromatic rings. The van der Waals surface area contributed by atoms with E-state index in [1.165, 1.54) is 7.05 Å². The molecule has 0 unspecified atom stereocenters. The lowest BCUT2D eigenvalue weighted by Gasteiger charge is -2.26. The van der Waals surface area contributed by atoms with Crippen LogP contribution in [0.2, 0.25) is 0 Å². The van der Waals surface area contributed by atoms with Crippen LogP contribution in [-0.4, -0.2) is 47.8 Å². The molecule has 3 rings (SSSR count). The van der Waals surface area contributed by atoms with Crippen LogP contribution >= 0.6 is 0 Å². The molecule has 0 bridgehead atoms. The van der Waals surface area contributed by atoms with Gasteiger partial charge in [-0.15, -0.1) is 0 Å². The maximum atomic E-state index is 12.1. The van der Waals surface area contributed by atoms with E-state index in [1.807, 2.05) is 0 Å². The van der Waals surface area contributed by atoms with Crippen LogP contribution in [0.15, 0.2) is 18.2 Å². The van der Waals surface area contributed by atoms with Crippen molar-refractivity contribution in [3.63, 3.8) is 0 Å². The summed E-state index contributed by atoms with van der Waals surface area (Å²) >= 11 is 0. The normalized spacial score (nSPS) is 18.0. The fourth-order valence-electron chi connectivity index (χ4n) is 2.74. The molecule has 0 atom stereocenters. The second-order valence-electron chi connectivity index (χ2n) is 5.41. The monoisotopic (exact) mass is 287 g/mol. The van der Waals surface area contributed by atoms with Crippen molar-refractivity contribution >= 4 is 23.5 Å². The van der Waals surface area contributed by atoms with Gasteiger partial charge in [0, 0.05) is 25.8 Å². The molecule has 0 aliphatic carbocycles. The molecule has 2 heterocycles. The Balaban J connectivity index is 1.77. The molecule has 1 fully saturated rings. The third kappa shape index (κ3) is 2.37. The summed E-state index contributed by atoms with van der Waals surface area (Å²) in [6.45, 7) is 1.52. The van der Waals surface area contributed by atoms with E-state index in [-0.39, 0.29) is 17.8 Å². The number of fused-ring (bicyclic) bond motifs is 1. The number of carbonyl (C=O) groups excluding carboxylic acids is 3. The Morgan fingerprint density at radius 3 is 2.43 bits per heavy atom. The zero-order valence-electron chi connectivity index (χ0n) is 11.9. The van der Waals surface area contributed by atoms with Crippen molar-refractivity contribution in [1.82, 2.24) is 9.80 Å². The Hall–Kier alpha value is -2.37. The van der Waals surface area contributed by atoms with Gasteiger partial charge in [0.05, 0.1) is 11.1 Å². The number of hydrogen-bond acceptors (Lipinski definition) is 3. The van der Waals surface area contributed by atoms with Gasteiger partial charge in [-0.1, -0.05) is 0 Å². The Bertz CT molecular complexity index is 621. The Kier molecular flexibility index (Phi) is 3.37. The van der Waals surface area contributed by atoms with E-state index < -0.39 is 0 Å². The van der Waals surface area contributed by atoms with Crippen molar-refractivity contribution in [1.29, 1.82) is 0 Å². The number of likely N-dealkylation sites (tertiary alicyclic amines) is 1. The summed E-state index contributed by atoms with van der Waals surface area (Å²) in [5, 5.41) is 2.80. The minimum Gasteiger partial charge on any atom is -0.325 e. The third-order valence-corrected chi connectivity index (χ3v) is 3.98. The molecule has 1 N–H and O–H groups in total. The van der Waals surface area contributed by atoms with Crippen molar-refractivity contribution in [2.75, 3.05) is 25.5 Å². The lowest BCUT2D eigenvalue weighted by molar-refractivity contribution is 0.0693. The summed E-state index contributed by atoms with van der Waals surface area (Å²) in [7, 11) is 1.46. The summed E-state index contributed by atoms with van der Waals surface area (Å²) in [5.41, 5.74) is 1.28. The SMILES string of the molecule is CN1C(=O)c2ccc(NC(=O)N3CCCCC3)cc2C1=O. The van der Waals surface area contributed by atoms with Gasteiger partial charge in [0.25, 0.3) is 11.8 Å². The number of anilines is 1. The predicted molar refractivity (Wildman–Crippen MR) is 77.3 cm³/mol. The number of benzene rings is 1. The van der Waals surface area contributed by atoms with Crippen LogP contribution in [0.5, 0.6) is 0 Å². The molecule has 21 heavy (non-hydrogen) atoms. The van der Waals surface area contributed by atoms with Gasteiger partial charge < -0.3 is 10.2 Å². The van der Waals surface area contributed by atoms with Crippen LogP contribution in [0.3, 0.4) is 0 Å². The van der Waals surface area contributed by atoms with Gasteiger partial charge in [-0.2, -0.15) is 0 Å². The molecule has 2 aliphatic heterocycles. The molecular weight excluding hydrogens is 270 g/mol. The molecule has 2 aliphatic rings. The van der Waals surface area contributed by atoms with Crippen molar-refractivity contribution in [3.8, 4) is 0 Å². The number of urea groups is 1. The van der Waals surface area contributed by atoms with E-state index in [0.29, 0.717) is 16.8 Å². The highest BCUT2D eigenvalue weighted by molar-refractivity contribution is 6.21. The van der Waals surface area contributed by atoms with Gasteiger partial charge in [0.1, 0.15) is 0 Å². The van der Waals surface area contributed by atoms with Gasteiger partial charge in [0.2, 0.25) is 0 Å². The zero-order valence-corrected chi connectivity index (χ0v) is 11.9. The molecule has 1 aromatic carbocycles. The fraction of sp³-hybridized carbons (Fsp3) is 0.400. The first-order valence-electron chi connectivity index (χ1n) is 7.10. The lowest BCUT2D eigenvalue weighted by atomic mass is 10.1. The standard InChI is InChI=1S/C15H17N3O3/c1-17-13(19)11-6-5-10(9-12(11)14(17)20)16-15(21)18-7-3-2-4-8-18/h5-6,9H,2-4,7-8H2,1H3,(H,16,21). The fourth-order valence-corrected chi connectivity index (χ4v) is 2.74. The van der Waals surface area contributed by atoms with Crippen molar-refractivity contribution in [2.45, 2.75) is 19.3 Å². The van der Waals surface area contributed by atoms with Crippen LogP contribution < -0.4 is 5.32 Å². The molecule has 6 nitrogen and oxygen atoms in total. The van der Waals surface area contributed by atoms with Gasteiger partial charge in [-0.3, -0.25) is 14.5 Å². The van der Waals surface area contributed by atoms with E-state index >= 15 is 0 Å². The minimum absolute atomic E-state index is 0.153. The molecular formula is C15H17N3O3. The van der Waals surface area contributed by atoms with Crippen molar-refractivity contribution in [3.05, 3.63) is 29.3 Å². The Morgan fingerprint density at radius 2 is 1.71 bits per heavy atom. The average Bonchev–Trinajstić information content (AvgIpc) is 2.73. The molecule has 1 saturated heterocycles. The summed E-state index contributed by atoms with van der Waals surface area (Å²) in [6, 6.07) is 4.66. The summed E-state index contributed by atoms with van der Waals surface area (Å²) in [6.07, 6.45) is 3.20. The Labute approximate surface area is 122 Å². The highest BCUT2D eigenvalue weighted by Crippen LogP contribution is 2.25. The van der Waals surface area contributed by atoms with Gasteiger partial charge in [-0.25, -0.2) is 4.79 Å².